The smallest absolute Gasteiger partial charge is 0.242 e. The van der Waals surface area contributed by atoms with Crippen LogP contribution in [-0.2, 0) is 10.0 Å². The quantitative estimate of drug-likeness (QED) is 0.731. The minimum absolute atomic E-state index is 0.0990. The zero-order valence-corrected chi connectivity index (χ0v) is 13.7. The van der Waals surface area contributed by atoms with Gasteiger partial charge in [0.25, 0.3) is 0 Å². The van der Waals surface area contributed by atoms with E-state index in [0.29, 0.717) is 11.4 Å². The fourth-order valence-corrected chi connectivity index (χ4v) is 3.59. The number of nitrogen functional groups attached to an aromatic ring is 1. The lowest BCUT2D eigenvalue weighted by molar-refractivity contribution is 0.588. The first-order valence-corrected chi connectivity index (χ1v) is 8.71. The Hall–Kier alpha value is -1.64. The van der Waals surface area contributed by atoms with Gasteiger partial charge in [0.15, 0.2) is 0 Å². The summed E-state index contributed by atoms with van der Waals surface area (Å²) < 4.78 is 26.5. The molecule has 0 bridgehead atoms. The highest BCUT2D eigenvalue weighted by Gasteiger charge is 2.19. The Labute approximate surface area is 128 Å². The molecule has 6 nitrogen and oxygen atoms in total. The van der Waals surface area contributed by atoms with Crippen LogP contribution in [0.5, 0.6) is 0 Å². The molecule has 1 aromatic carbocycles. The largest absolute Gasteiger partial charge is 0.399 e. The zero-order chi connectivity index (χ0) is 15.6. The van der Waals surface area contributed by atoms with Crippen molar-refractivity contribution in [3.05, 3.63) is 34.3 Å². The minimum atomic E-state index is -3.58. The third-order valence-electron chi connectivity index (χ3n) is 2.94. The maximum absolute atomic E-state index is 12.1. The number of aryl methyl sites for hydroxylation is 1. The lowest BCUT2D eigenvalue weighted by Crippen LogP contribution is -2.21. The topological polar surface area (TPSA) is 97.1 Å². The highest BCUT2D eigenvalue weighted by Crippen LogP contribution is 2.28. The van der Waals surface area contributed by atoms with Crippen LogP contribution in [0.25, 0.3) is 0 Å². The molecule has 8 heteroatoms. The summed E-state index contributed by atoms with van der Waals surface area (Å²) in [6.45, 7) is 3.86. The molecule has 0 fully saturated rings. The molecular formula is C13H18N4O2S2. The van der Waals surface area contributed by atoms with Gasteiger partial charge >= 0.3 is 0 Å². The van der Waals surface area contributed by atoms with E-state index in [2.05, 4.69) is 15.0 Å². The van der Waals surface area contributed by atoms with Crippen LogP contribution in [0.2, 0.25) is 0 Å². The number of hydrogen-bond acceptors (Lipinski definition) is 6. The van der Waals surface area contributed by atoms with Crippen LogP contribution in [0.15, 0.2) is 28.5 Å². The molecule has 114 valence electrons. The number of rotatable bonds is 5. The van der Waals surface area contributed by atoms with Gasteiger partial charge in [-0.3, -0.25) is 0 Å². The summed E-state index contributed by atoms with van der Waals surface area (Å²) in [5, 5.41) is 6.04. The van der Waals surface area contributed by atoms with Crippen molar-refractivity contribution in [1.82, 2.24) is 9.71 Å². The number of aromatic nitrogens is 1. The molecule has 1 heterocycles. The molecule has 0 aliphatic carbocycles. The monoisotopic (exact) mass is 326 g/mol. The average molecular weight is 326 g/mol. The third kappa shape index (κ3) is 3.52. The number of nitrogens with two attached hydrogens (primary N) is 1. The molecule has 0 aliphatic rings. The molecule has 4 N–H and O–H groups in total. The van der Waals surface area contributed by atoms with Crippen molar-refractivity contribution in [2.24, 2.45) is 0 Å². The molecule has 21 heavy (non-hydrogen) atoms. The fraction of sp³-hybridized carbons (Fsp3) is 0.308. The lowest BCUT2D eigenvalue weighted by atomic mass is 10.2. The van der Waals surface area contributed by atoms with E-state index < -0.39 is 10.0 Å². The van der Waals surface area contributed by atoms with Crippen LogP contribution in [0.1, 0.15) is 23.7 Å². The van der Waals surface area contributed by atoms with Gasteiger partial charge in [0.1, 0.15) is 9.90 Å². The molecule has 0 saturated carbocycles. The summed E-state index contributed by atoms with van der Waals surface area (Å²) in [6, 6.07) is 4.67. The van der Waals surface area contributed by atoms with Gasteiger partial charge in [0, 0.05) is 16.8 Å². The number of nitrogens with zero attached hydrogens (tertiary/aromatic N) is 1. The third-order valence-corrected chi connectivity index (χ3v) is 5.54. The normalized spacial score (nSPS) is 13.1. The van der Waals surface area contributed by atoms with E-state index in [1.54, 1.807) is 12.1 Å². The van der Waals surface area contributed by atoms with Crippen LogP contribution in [-0.4, -0.2) is 20.4 Å². The SMILES string of the molecule is CNS(=O)(=O)c1cc(N)ccc1NC(C)c1nc(C)cs1. The van der Waals surface area contributed by atoms with Crippen LogP contribution in [0.3, 0.4) is 0 Å². The molecule has 1 aromatic heterocycles. The Morgan fingerprint density at radius 3 is 2.67 bits per heavy atom. The van der Waals surface area contributed by atoms with E-state index >= 15 is 0 Å². The Morgan fingerprint density at radius 1 is 1.38 bits per heavy atom. The second-order valence-corrected chi connectivity index (χ2v) is 7.40. The van der Waals surface area contributed by atoms with Crippen LogP contribution >= 0.6 is 11.3 Å². The molecule has 2 rings (SSSR count). The van der Waals surface area contributed by atoms with Gasteiger partial charge in [0.05, 0.1) is 11.7 Å². The van der Waals surface area contributed by atoms with E-state index in [0.717, 1.165) is 10.7 Å². The minimum Gasteiger partial charge on any atom is -0.399 e. The number of benzene rings is 1. The molecule has 0 aliphatic heterocycles. The number of thiazole rings is 1. The Morgan fingerprint density at radius 2 is 2.10 bits per heavy atom. The first-order valence-electron chi connectivity index (χ1n) is 6.35. The maximum Gasteiger partial charge on any atom is 0.242 e. The number of hydrogen-bond donors (Lipinski definition) is 3. The Kier molecular flexibility index (Phi) is 4.50. The summed E-state index contributed by atoms with van der Waals surface area (Å²) in [7, 11) is -2.21. The molecular weight excluding hydrogens is 308 g/mol. The molecule has 1 unspecified atom stereocenters. The molecule has 1 atom stereocenters. The second kappa shape index (κ2) is 6.00. The predicted octanol–water partition coefficient (Wildman–Crippen LogP) is 2.11. The number of nitrogens with one attached hydrogen (secondary N) is 2. The lowest BCUT2D eigenvalue weighted by Gasteiger charge is -2.16. The van der Waals surface area contributed by atoms with Gasteiger partial charge in [-0.2, -0.15) is 0 Å². The van der Waals surface area contributed by atoms with Crippen LogP contribution < -0.4 is 15.8 Å². The van der Waals surface area contributed by atoms with Crippen LogP contribution in [0, 0.1) is 6.92 Å². The Bertz CT molecular complexity index is 740. The first-order chi connectivity index (χ1) is 9.83. The standard InChI is InChI=1S/C13H18N4O2S2/c1-8-7-20-13(16-8)9(2)17-11-5-4-10(14)6-12(11)21(18,19)15-3/h4-7,9,15,17H,14H2,1-3H3. The van der Waals surface area contributed by atoms with Crippen molar-refractivity contribution in [2.45, 2.75) is 24.8 Å². The van der Waals surface area contributed by atoms with Gasteiger partial charge < -0.3 is 11.1 Å². The summed E-state index contributed by atoms with van der Waals surface area (Å²) in [6.07, 6.45) is 0. The molecule has 0 spiro atoms. The zero-order valence-electron chi connectivity index (χ0n) is 12.0. The highest BCUT2D eigenvalue weighted by molar-refractivity contribution is 7.89. The van der Waals surface area contributed by atoms with Gasteiger partial charge in [-0.05, 0) is 39.1 Å². The van der Waals surface area contributed by atoms with Crippen LogP contribution in [0.4, 0.5) is 11.4 Å². The van der Waals surface area contributed by atoms with Crippen molar-refractivity contribution in [3.8, 4) is 0 Å². The predicted molar refractivity (Wildman–Crippen MR) is 86.0 cm³/mol. The van der Waals surface area contributed by atoms with E-state index in [-0.39, 0.29) is 10.9 Å². The first kappa shape index (κ1) is 15.7. The van der Waals surface area contributed by atoms with E-state index in [1.165, 1.54) is 24.5 Å². The van der Waals surface area contributed by atoms with Gasteiger partial charge in [-0.1, -0.05) is 0 Å². The molecule has 0 radical (unpaired) electrons. The van der Waals surface area contributed by atoms with E-state index in [9.17, 15) is 8.42 Å². The fourth-order valence-electron chi connectivity index (χ4n) is 1.86. The maximum atomic E-state index is 12.1. The summed E-state index contributed by atoms with van der Waals surface area (Å²) in [4.78, 5) is 4.53. The van der Waals surface area contributed by atoms with E-state index in [1.807, 2.05) is 19.2 Å². The molecule has 0 amide bonds. The molecule has 2 aromatic rings. The number of sulfonamides is 1. The second-order valence-electron chi connectivity index (χ2n) is 4.66. The summed E-state index contributed by atoms with van der Waals surface area (Å²) in [5.41, 5.74) is 7.54. The average Bonchev–Trinajstić information content (AvgIpc) is 2.87. The number of anilines is 2. The summed E-state index contributed by atoms with van der Waals surface area (Å²) in [5.74, 6) is 0. The van der Waals surface area contributed by atoms with Gasteiger partial charge in [0.2, 0.25) is 10.0 Å². The van der Waals surface area contributed by atoms with Crippen molar-refractivity contribution in [2.75, 3.05) is 18.1 Å². The van der Waals surface area contributed by atoms with Crippen molar-refractivity contribution in [1.29, 1.82) is 0 Å². The van der Waals surface area contributed by atoms with Crippen molar-refractivity contribution >= 4 is 32.7 Å². The van der Waals surface area contributed by atoms with Crippen molar-refractivity contribution < 1.29 is 8.42 Å². The van der Waals surface area contributed by atoms with Gasteiger partial charge in [-0.25, -0.2) is 18.1 Å². The van der Waals surface area contributed by atoms with Gasteiger partial charge in [-0.15, -0.1) is 11.3 Å². The summed E-state index contributed by atoms with van der Waals surface area (Å²) >= 11 is 1.54. The van der Waals surface area contributed by atoms with Crippen molar-refractivity contribution in [3.63, 3.8) is 0 Å². The Balaban J connectivity index is 2.36. The van der Waals surface area contributed by atoms with E-state index in [4.69, 9.17) is 5.73 Å². The highest BCUT2D eigenvalue weighted by atomic mass is 32.2. The molecule has 0 saturated heterocycles.